The Bertz CT molecular complexity index is 350. The van der Waals surface area contributed by atoms with Gasteiger partial charge in [-0.2, -0.15) is 0 Å². The van der Waals surface area contributed by atoms with Crippen LogP contribution in [0.15, 0.2) is 12.1 Å². The molecule has 1 rings (SSSR count). The first-order valence-electron chi connectivity index (χ1n) is 3.70. The number of methoxy groups -OCH3 is 1. The maximum Gasteiger partial charge on any atom is 0.252 e. The molecule has 0 heterocycles. The van der Waals surface area contributed by atoms with Crippen molar-refractivity contribution in [3.05, 3.63) is 29.1 Å². The minimum absolute atomic E-state index is 0.0272. The van der Waals surface area contributed by atoms with E-state index in [0.717, 1.165) is 0 Å². The molecule has 3 nitrogen and oxygen atoms in total. The molecule has 0 atom stereocenters. The van der Waals surface area contributed by atoms with Crippen molar-refractivity contribution in [2.45, 2.75) is 6.92 Å². The molecule has 0 aliphatic heterocycles. The predicted octanol–water partition coefficient (Wildman–Crippen LogP) is 1.24. The van der Waals surface area contributed by atoms with Gasteiger partial charge in [0.25, 0.3) is 5.91 Å². The van der Waals surface area contributed by atoms with Crippen molar-refractivity contribution in [2.75, 3.05) is 7.11 Å². The molecule has 0 unspecified atom stereocenters. The summed E-state index contributed by atoms with van der Waals surface area (Å²) in [6.45, 7) is 1.61. The van der Waals surface area contributed by atoms with E-state index in [9.17, 15) is 9.18 Å². The number of ether oxygens (including phenoxy) is 1. The molecule has 0 aliphatic rings. The highest BCUT2D eigenvalue weighted by molar-refractivity contribution is 5.95. The second-order valence-electron chi connectivity index (χ2n) is 2.64. The third kappa shape index (κ3) is 1.61. The molecule has 1 amide bonds. The Morgan fingerprint density at radius 2 is 2.15 bits per heavy atom. The zero-order valence-corrected chi connectivity index (χ0v) is 7.43. The van der Waals surface area contributed by atoms with Crippen LogP contribution in [0.1, 0.15) is 15.9 Å². The third-order valence-corrected chi connectivity index (χ3v) is 1.78. The van der Waals surface area contributed by atoms with Gasteiger partial charge < -0.3 is 10.5 Å². The molecule has 0 fully saturated rings. The average molecular weight is 183 g/mol. The Kier molecular flexibility index (Phi) is 2.51. The molecule has 1 aromatic carbocycles. The summed E-state index contributed by atoms with van der Waals surface area (Å²) in [5.74, 6) is -1.46. The molecule has 0 aromatic heterocycles. The minimum atomic E-state index is -0.783. The Morgan fingerprint density at radius 3 is 2.62 bits per heavy atom. The number of primary amides is 1. The van der Waals surface area contributed by atoms with Gasteiger partial charge in [0.15, 0.2) is 11.6 Å². The standard InChI is InChI=1S/C9H10FNO2/c1-5-3-4-6(13-2)8(10)7(5)9(11)12/h3-4H,1-2H3,(H2,11,12). The second kappa shape index (κ2) is 3.43. The van der Waals surface area contributed by atoms with Crippen LogP contribution >= 0.6 is 0 Å². The van der Waals surface area contributed by atoms with Gasteiger partial charge in [-0.3, -0.25) is 4.79 Å². The van der Waals surface area contributed by atoms with Gasteiger partial charge in [0.05, 0.1) is 12.7 Å². The first-order chi connectivity index (χ1) is 6.07. The van der Waals surface area contributed by atoms with Crippen molar-refractivity contribution in [3.8, 4) is 5.75 Å². The maximum atomic E-state index is 13.4. The van der Waals surface area contributed by atoms with Crippen LogP contribution in [-0.4, -0.2) is 13.0 Å². The summed E-state index contributed by atoms with van der Waals surface area (Å²) in [5.41, 5.74) is 5.40. The molecule has 0 saturated carbocycles. The lowest BCUT2D eigenvalue weighted by molar-refractivity contribution is 0.0995. The third-order valence-electron chi connectivity index (χ3n) is 1.78. The topological polar surface area (TPSA) is 52.3 Å². The van der Waals surface area contributed by atoms with Crippen LogP contribution in [0.3, 0.4) is 0 Å². The monoisotopic (exact) mass is 183 g/mol. The van der Waals surface area contributed by atoms with Crippen LogP contribution in [0.25, 0.3) is 0 Å². The van der Waals surface area contributed by atoms with Gasteiger partial charge in [-0.25, -0.2) is 4.39 Å². The predicted molar refractivity (Wildman–Crippen MR) is 46.2 cm³/mol. The quantitative estimate of drug-likeness (QED) is 0.750. The first-order valence-corrected chi connectivity index (χ1v) is 3.70. The van der Waals surface area contributed by atoms with E-state index in [4.69, 9.17) is 10.5 Å². The Morgan fingerprint density at radius 1 is 1.54 bits per heavy atom. The fourth-order valence-electron chi connectivity index (χ4n) is 1.11. The summed E-state index contributed by atoms with van der Waals surface area (Å²) in [7, 11) is 1.33. The number of carbonyl (C=O) groups excluding carboxylic acids is 1. The minimum Gasteiger partial charge on any atom is -0.494 e. The second-order valence-corrected chi connectivity index (χ2v) is 2.64. The largest absolute Gasteiger partial charge is 0.494 e. The van der Waals surface area contributed by atoms with Crippen molar-refractivity contribution < 1.29 is 13.9 Å². The van der Waals surface area contributed by atoms with Crippen molar-refractivity contribution in [2.24, 2.45) is 5.73 Å². The summed E-state index contributed by atoms with van der Waals surface area (Å²) in [5, 5.41) is 0. The lowest BCUT2D eigenvalue weighted by Crippen LogP contribution is -2.15. The number of hydrogen-bond donors (Lipinski definition) is 1. The van der Waals surface area contributed by atoms with E-state index < -0.39 is 11.7 Å². The SMILES string of the molecule is COc1ccc(C)c(C(N)=O)c1F. The maximum absolute atomic E-state index is 13.4. The van der Waals surface area contributed by atoms with E-state index in [2.05, 4.69) is 0 Å². The van der Waals surface area contributed by atoms with E-state index in [1.807, 2.05) is 0 Å². The van der Waals surface area contributed by atoms with Crippen molar-refractivity contribution in [1.82, 2.24) is 0 Å². The number of hydrogen-bond acceptors (Lipinski definition) is 2. The van der Waals surface area contributed by atoms with Gasteiger partial charge in [0.1, 0.15) is 0 Å². The Balaban J connectivity index is 3.38. The normalized spacial score (nSPS) is 9.77. The zero-order chi connectivity index (χ0) is 10.0. The number of amides is 1. The fraction of sp³-hybridized carbons (Fsp3) is 0.222. The molecule has 0 radical (unpaired) electrons. The lowest BCUT2D eigenvalue weighted by atomic mass is 10.1. The number of halogens is 1. The van der Waals surface area contributed by atoms with Crippen molar-refractivity contribution in [3.63, 3.8) is 0 Å². The van der Waals surface area contributed by atoms with Gasteiger partial charge >= 0.3 is 0 Å². The highest BCUT2D eigenvalue weighted by Crippen LogP contribution is 2.22. The van der Waals surface area contributed by atoms with Gasteiger partial charge in [-0.1, -0.05) is 6.07 Å². The fourth-order valence-corrected chi connectivity index (χ4v) is 1.11. The highest BCUT2D eigenvalue weighted by atomic mass is 19.1. The molecular formula is C9H10FNO2. The lowest BCUT2D eigenvalue weighted by Gasteiger charge is -2.07. The van der Waals surface area contributed by atoms with Gasteiger partial charge in [0, 0.05) is 0 Å². The number of rotatable bonds is 2. The van der Waals surface area contributed by atoms with Crippen LogP contribution in [0.4, 0.5) is 4.39 Å². The van der Waals surface area contributed by atoms with Gasteiger partial charge in [0.2, 0.25) is 0 Å². The molecule has 13 heavy (non-hydrogen) atoms. The Hall–Kier alpha value is -1.58. The summed E-state index contributed by atoms with van der Waals surface area (Å²) in [4.78, 5) is 10.8. The number of benzene rings is 1. The Labute approximate surface area is 75.3 Å². The van der Waals surface area contributed by atoms with Crippen molar-refractivity contribution >= 4 is 5.91 Å². The molecule has 0 aliphatic carbocycles. The molecule has 0 spiro atoms. The van der Waals surface area contributed by atoms with Crippen LogP contribution in [0, 0.1) is 12.7 Å². The van der Waals surface area contributed by atoms with E-state index >= 15 is 0 Å². The van der Waals surface area contributed by atoms with E-state index in [0.29, 0.717) is 5.56 Å². The molecule has 0 saturated heterocycles. The molecular weight excluding hydrogens is 173 g/mol. The molecule has 1 aromatic rings. The van der Waals surface area contributed by atoms with E-state index in [1.165, 1.54) is 13.2 Å². The number of nitrogens with two attached hydrogens (primary N) is 1. The summed E-state index contributed by atoms with van der Waals surface area (Å²) in [6.07, 6.45) is 0. The molecule has 2 N–H and O–H groups in total. The summed E-state index contributed by atoms with van der Waals surface area (Å²) in [6, 6.07) is 3.04. The van der Waals surface area contributed by atoms with Crippen LogP contribution < -0.4 is 10.5 Å². The number of aryl methyl sites for hydroxylation is 1. The highest BCUT2D eigenvalue weighted by Gasteiger charge is 2.15. The van der Waals surface area contributed by atoms with Gasteiger partial charge in [-0.15, -0.1) is 0 Å². The first kappa shape index (κ1) is 9.51. The zero-order valence-electron chi connectivity index (χ0n) is 7.43. The van der Waals surface area contributed by atoms with E-state index in [-0.39, 0.29) is 11.3 Å². The van der Waals surface area contributed by atoms with Crippen LogP contribution in [0.5, 0.6) is 5.75 Å². The van der Waals surface area contributed by atoms with Crippen molar-refractivity contribution in [1.29, 1.82) is 0 Å². The summed E-state index contributed by atoms with van der Waals surface area (Å²) >= 11 is 0. The van der Waals surface area contributed by atoms with Crippen LogP contribution in [0.2, 0.25) is 0 Å². The molecule has 70 valence electrons. The van der Waals surface area contributed by atoms with E-state index in [1.54, 1.807) is 13.0 Å². The average Bonchev–Trinajstić information content (AvgIpc) is 2.04. The van der Waals surface area contributed by atoms with Gasteiger partial charge in [-0.05, 0) is 18.6 Å². The number of carbonyl (C=O) groups is 1. The molecule has 0 bridgehead atoms. The molecule has 4 heteroatoms. The smallest absolute Gasteiger partial charge is 0.252 e. The summed E-state index contributed by atoms with van der Waals surface area (Å²) < 4.78 is 18.1. The van der Waals surface area contributed by atoms with Crippen LogP contribution in [-0.2, 0) is 0 Å².